The molecule has 2 atom stereocenters. The Morgan fingerprint density at radius 3 is 2.55 bits per heavy atom. The van der Waals surface area contributed by atoms with Crippen molar-refractivity contribution < 1.29 is 19.5 Å². The maximum atomic E-state index is 12.1. The number of ketones is 1. The van der Waals surface area contributed by atoms with Crippen LogP contribution in [0.1, 0.15) is 34.2 Å². The van der Waals surface area contributed by atoms with Crippen molar-refractivity contribution in [1.29, 1.82) is 0 Å². The minimum atomic E-state index is -0.893. The molecule has 1 amide bonds. The lowest BCUT2D eigenvalue weighted by Crippen LogP contribution is -2.34. The lowest BCUT2D eigenvalue weighted by Gasteiger charge is -2.12. The minimum Gasteiger partial charge on any atom is -0.481 e. The Morgan fingerprint density at radius 2 is 2.05 bits per heavy atom. The van der Waals surface area contributed by atoms with E-state index in [0.717, 1.165) is 0 Å². The molecule has 0 fully saturated rings. The number of carbonyl (C=O) groups is 3. The van der Waals surface area contributed by atoms with Gasteiger partial charge < -0.3 is 15.0 Å². The number of aromatic nitrogens is 1. The molecule has 6 nitrogen and oxygen atoms in total. The maximum absolute atomic E-state index is 12.1. The molecular formula is C14H16N2O4. The zero-order chi connectivity index (χ0) is 14.9. The molecule has 0 radical (unpaired) electrons. The van der Waals surface area contributed by atoms with Gasteiger partial charge in [-0.1, -0.05) is 12.2 Å². The van der Waals surface area contributed by atoms with E-state index in [4.69, 9.17) is 5.11 Å². The summed E-state index contributed by atoms with van der Waals surface area (Å²) in [6, 6.07) is 1.24. The van der Waals surface area contributed by atoms with Crippen LogP contribution in [0.4, 0.5) is 0 Å². The Bertz CT molecular complexity index is 600. The first-order chi connectivity index (χ1) is 9.38. The number of aliphatic carboxylic acids is 1. The van der Waals surface area contributed by atoms with Crippen molar-refractivity contribution in [3.63, 3.8) is 0 Å². The fraction of sp³-hybridized carbons (Fsp3) is 0.357. The van der Waals surface area contributed by atoms with E-state index in [2.05, 4.69) is 5.32 Å². The second kappa shape index (κ2) is 5.32. The summed E-state index contributed by atoms with van der Waals surface area (Å²) in [5, 5.41) is 11.6. The van der Waals surface area contributed by atoms with E-state index < -0.39 is 11.9 Å². The van der Waals surface area contributed by atoms with Crippen molar-refractivity contribution in [2.24, 2.45) is 13.0 Å². The Kier molecular flexibility index (Phi) is 3.74. The first kappa shape index (κ1) is 14.0. The van der Waals surface area contributed by atoms with Crippen LogP contribution in [0.5, 0.6) is 0 Å². The van der Waals surface area contributed by atoms with Gasteiger partial charge in [-0.2, -0.15) is 0 Å². The van der Waals surface area contributed by atoms with Crippen LogP contribution in [0.2, 0.25) is 0 Å². The second-order valence-corrected chi connectivity index (χ2v) is 4.93. The summed E-state index contributed by atoms with van der Waals surface area (Å²) in [7, 11) is 1.69. The molecule has 20 heavy (non-hydrogen) atoms. The van der Waals surface area contributed by atoms with Gasteiger partial charge in [-0.05, 0) is 19.4 Å². The standard InChI is InChI=1S/C14H16N2O4/c1-8(17)10-6-12(16(2)7-10)13(18)15-11-4-3-9(5-11)14(19)20/h3-4,6-7,9,11H,5H2,1-2H3,(H,15,18)(H,19,20). The minimum absolute atomic E-state index is 0.105. The molecule has 0 aliphatic heterocycles. The average Bonchev–Trinajstić information content (AvgIpc) is 2.95. The first-order valence-corrected chi connectivity index (χ1v) is 6.27. The van der Waals surface area contributed by atoms with Gasteiger partial charge >= 0.3 is 5.97 Å². The summed E-state index contributed by atoms with van der Waals surface area (Å²) in [4.78, 5) is 34.2. The number of Topliss-reactive ketones (excluding diaryl/α,β-unsaturated/α-hetero) is 1. The molecule has 2 N–H and O–H groups in total. The van der Waals surface area contributed by atoms with E-state index in [-0.39, 0.29) is 17.7 Å². The molecule has 2 unspecified atom stereocenters. The SMILES string of the molecule is CC(=O)c1cc(C(=O)NC2C=CC(C(=O)O)C2)n(C)c1. The second-order valence-electron chi connectivity index (χ2n) is 4.93. The summed E-state index contributed by atoms with van der Waals surface area (Å²) in [6.07, 6.45) is 5.22. The van der Waals surface area contributed by atoms with Gasteiger partial charge in [-0.3, -0.25) is 14.4 Å². The summed E-state index contributed by atoms with van der Waals surface area (Å²) >= 11 is 0. The van der Waals surface area contributed by atoms with Crippen molar-refractivity contribution in [3.05, 3.63) is 35.7 Å². The molecule has 106 valence electrons. The monoisotopic (exact) mass is 276 g/mol. The Hall–Kier alpha value is -2.37. The van der Waals surface area contributed by atoms with Gasteiger partial charge in [0.25, 0.3) is 5.91 Å². The Labute approximate surface area is 116 Å². The van der Waals surface area contributed by atoms with Crippen LogP contribution in [-0.4, -0.2) is 33.4 Å². The van der Waals surface area contributed by atoms with Crippen LogP contribution in [0.3, 0.4) is 0 Å². The molecule has 0 spiro atoms. The molecule has 0 saturated heterocycles. The summed E-state index contributed by atoms with van der Waals surface area (Å²) in [5.41, 5.74) is 0.852. The molecule has 1 aliphatic carbocycles. The number of aryl methyl sites for hydroxylation is 1. The highest BCUT2D eigenvalue weighted by molar-refractivity contribution is 5.99. The Morgan fingerprint density at radius 1 is 1.35 bits per heavy atom. The maximum Gasteiger partial charge on any atom is 0.310 e. The van der Waals surface area contributed by atoms with Gasteiger partial charge in [-0.25, -0.2) is 0 Å². The van der Waals surface area contributed by atoms with E-state index >= 15 is 0 Å². The summed E-state index contributed by atoms with van der Waals surface area (Å²) in [6.45, 7) is 1.44. The number of nitrogens with zero attached hydrogens (tertiary/aromatic N) is 1. The number of hydrogen-bond donors (Lipinski definition) is 2. The lowest BCUT2D eigenvalue weighted by molar-refractivity contribution is -0.140. The molecule has 6 heteroatoms. The number of carboxylic acids is 1. The fourth-order valence-electron chi connectivity index (χ4n) is 2.21. The summed E-state index contributed by atoms with van der Waals surface area (Å²) in [5.74, 6) is -1.87. The average molecular weight is 276 g/mol. The number of hydrogen-bond acceptors (Lipinski definition) is 3. The van der Waals surface area contributed by atoms with Crippen LogP contribution in [0, 0.1) is 5.92 Å². The topological polar surface area (TPSA) is 88.4 Å². The third-order valence-corrected chi connectivity index (χ3v) is 3.36. The van der Waals surface area contributed by atoms with E-state index in [0.29, 0.717) is 17.7 Å². The van der Waals surface area contributed by atoms with Gasteiger partial charge in [0.1, 0.15) is 5.69 Å². The van der Waals surface area contributed by atoms with Crippen LogP contribution in [0.25, 0.3) is 0 Å². The van der Waals surface area contributed by atoms with Crippen LogP contribution >= 0.6 is 0 Å². The molecule has 0 bridgehead atoms. The predicted octanol–water partition coefficient (Wildman–Crippen LogP) is 0.987. The van der Waals surface area contributed by atoms with Gasteiger partial charge in [0, 0.05) is 24.8 Å². The largest absolute Gasteiger partial charge is 0.481 e. The molecule has 0 aromatic carbocycles. The third kappa shape index (κ3) is 2.79. The smallest absolute Gasteiger partial charge is 0.310 e. The number of nitrogens with one attached hydrogen (secondary N) is 1. The number of amides is 1. The predicted molar refractivity (Wildman–Crippen MR) is 71.6 cm³/mol. The van der Waals surface area contributed by atoms with Crippen molar-refractivity contribution in [2.45, 2.75) is 19.4 Å². The van der Waals surface area contributed by atoms with Crippen LogP contribution < -0.4 is 5.32 Å². The van der Waals surface area contributed by atoms with Gasteiger partial charge in [0.2, 0.25) is 0 Å². The van der Waals surface area contributed by atoms with Crippen molar-refractivity contribution in [2.75, 3.05) is 0 Å². The molecule has 1 heterocycles. The first-order valence-electron chi connectivity index (χ1n) is 6.27. The molecule has 1 aromatic heterocycles. The molecule has 1 aliphatic rings. The quantitative estimate of drug-likeness (QED) is 0.634. The normalized spacial score (nSPS) is 20.9. The third-order valence-electron chi connectivity index (χ3n) is 3.36. The molecule has 1 aromatic rings. The van der Waals surface area contributed by atoms with Crippen molar-refractivity contribution >= 4 is 17.7 Å². The lowest BCUT2D eigenvalue weighted by atomic mass is 10.1. The Balaban J connectivity index is 2.05. The highest BCUT2D eigenvalue weighted by atomic mass is 16.4. The van der Waals surface area contributed by atoms with Crippen molar-refractivity contribution in [1.82, 2.24) is 9.88 Å². The van der Waals surface area contributed by atoms with Crippen LogP contribution in [-0.2, 0) is 11.8 Å². The molecular weight excluding hydrogens is 260 g/mol. The summed E-state index contributed by atoms with van der Waals surface area (Å²) < 4.78 is 1.58. The highest BCUT2D eigenvalue weighted by Gasteiger charge is 2.26. The number of carboxylic acid groups (broad SMARTS) is 1. The van der Waals surface area contributed by atoms with E-state index in [1.54, 1.807) is 30.0 Å². The van der Waals surface area contributed by atoms with E-state index in [1.807, 2.05) is 0 Å². The van der Waals surface area contributed by atoms with Crippen LogP contribution in [0.15, 0.2) is 24.4 Å². The molecule has 2 rings (SSSR count). The van der Waals surface area contributed by atoms with E-state index in [1.165, 1.54) is 13.0 Å². The van der Waals surface area contributed by atoms with E-state index in [9.17, 15) is 14.4 Å². The number of carbonyl (C=O) groups excluding carboxylic acids is 2. The zero-order valence-electron chi connectivity index (χ0n) is 11.3. The van der Waals surface area contributed by atoms with Crippen molar-refractivity contribution in [3.8, 4) is 0 Å². The van der Waals surface area contributed by atoms with Gasteiger partial charge in [-0.15, -0.1) is 0 Å². The van der Waals surface area contributed by atoms with Gasteiger partial charge in [0.05, 0.1) is 5.92 Å². The van der Waals surface area contributed by atoms with Gasteiger partial charge in [0.15, 0.2) is 5.78 Å². The molecule has 0 saturated carbocycles. The number of rotatable bonds is 4. The fourth-order valence-corrected chi connectivity index (χ4v) is 2.21. The zero-order valence-corrected chi connectivity index (χ0v) is 11.3. The highest BCUT2D eigenvalue weighted by Crippen LogP contribution is 2.18.